The van der Waals surface area contributed by atoms with E-state index in [-0.39, 0.29) is 0 Å². The van der Waals surface area contributed by atoms with Crippen molar-refractivity contribution in [3.05, 3.63) is 17.5 Å². The maximum atomic E-state index is 4.35. The van der Waals surface area contributed by atoms with Gasteiger partial charge in [0.25, 0.3) is 0 Å². The topological polar surface area (TPSA) is 49.8 Å². The van der Waals surface area contributed by atoms with Gasteiger partial charge in [0.05, 0.1) is 0 Å². The van der Waals surface area contributed by atoms with Crippen LogP contribution in [0.2, 0.25) is 0 Å². The van der Waals surface area contributed by atoms with Crippen molar-refractivity contribution in [2.24, 2.45) is 5.92 Å². The molecule has 1 atom stereocenters. The van der Waals surface area contributed by atoms with Gasteiger partial charge < -0.3 is 10.6 Å². The number of aromatic nitrogens is 2. The van der Waals surface area contributed by atoms with Gasteiger partial charge in [0.1, 0.15) is 0 Å². The number of hydrogen-bond acceptors (Lipinski definition) is 4. The number of hydrogen-bond donors (Lipinski definition) is 2. The lowest BCUT2D eigenvalue weighted by Gasteiger charge is -2.10. The van der Waals surface area contributed by atoms with Crippen molar-refractivity contribution in [3.8, 4) is 0 Å². The molecule has 1 aliphatic rings. The lowest BCUT2D eigenvalue weighted by molar-refractivity contribution is 0.612. The number of aryl methyl sites for hydroxylation is 2. The predicted octanol–water partition coefficient (Wildman–Crippen LogP) is 1.11. The number of nitrogens with zero attached hydrogens (tertiary/aromatic N) is 2. The zero-order chi connectivity index (χ0) is 10.7. The van der Waals surface area contributed by atoms with Gasteiger partial charge in [-0.15, -0.1) is 0 Å². The number of rotatable bonds is 3. The van der Waals surface area contributed by atoms with E-state index < -0.39 is 0 Å². The van der Waals surface area contributed by atoms with Crippen LogP contribution < -0.4 is 10.6 Å². The minimum Gasteiger partial charge on any atom is -0.354 e. The molecule has 0 saturated carbocycles. The molecule has 0 bridgehead atoms. The molecule has 1 saturated heterocycles. The maximum absolute atomic E-state index is 4.35. The van der Waals surface area contributed by atoms with Gasteiger partial charge in [-0.2, -0.15) is 0 Å². The van der Waals surface area contributed by atoms with E-state index in [1.54, 1.807) is 0 Å². The van der Waals surface area contributed by atoms with E-state index in [1.165, 1.54) is 6.42 Å². The molecule has 4 heteroatoms. The van der Waals surface area contributed by atoms with E-state index in [0.29, 0.717) is 0 Å². The predicted molar refractivity (Wildman–Crippen MR) is 61.0 cm³/mol. The largest absolute Gasteiger partial charge is 0.354 e. The van der Waals surface area contributed by atoms with Crippen molar-refractivity contribution < 1.29 is 0 Å². The van der Waals surface area contributed by atoms with Crippen molar-refractivity contribution in [2.75, 3.05) is 25.0 Å². The molecule has 4 nitrogen and oxygen atoms in total. The Kier molecular flexibility index (Phi) is 3.16. The van der Waals surface area contributed by atoms with Crippen LogP contribution in [-0.2, 0) is 0 Å². The van der Waals surface area contributed by atoms with E-state index in [9.17, 15) is 0 Å². The summed E-state index contributed by atoms with van der Waals surface area (Å²) in [5.41, 5.74) is 2.05. The first-order valence-corrected chi connectivity index (χ1v) is 5.51. The second-order valence-electron chi connectivity index (χ2n) is 4.21. The van der Waals surface area contributed by atoms with Crippen molar-refractivity contribution in [1.82, 2.24) is 15.3 Å². The molecular formula is C11H18N4. The molecule has 1 aromatic heterocycles. The van der Waals surface area contributed by atoms with Gasteiger partial charge in [-0.05, 0) is 45.3 Å². The molecule has 0 radical (unpaired) electrons. The van der Waals surface area contributed by atoms with Gasteiger partial charge in [-0.1, -0.05) is 0 Å². The van der Waals surface area contributed by atoms with Crippen LogP contribution in [0.1, 0.15) is 17.8 Å². The molecule has 0 spiro atoms. The van der Waals surface area contributed by atoms with Crippen LogP contribution in [-0.4, -0.2) is 29.6 Å². The fourth-order valence-electron chi connectivity index (χ4n) is 1.93. The zero-order valence-corrected chi connectivity index (χ0v) is 9.38. The summed E-state index contributed by atoms with van der Waals surface area (Å²) in [4.78, 5) is 8.70. The van der Waals surface area contributed by atoms with E-state index in [2.05, 4.69) is 20.6 Å². The molecule has 1 aliphatic heterocycles. The summed E-state index contributed by atoms with van der Waals surface area (Å²) in [6.45, 7) is 7.21. The highest BCUT2D eigenvalue weighted by Crippen LogP contribution is 2.09. The van der Waals surface area contributed by atoms with Crippen molar-refractivity contribution in [1.29, 1.82) is 0 Å². The molecular weight excluding hydrogens is 188 g/mol. The summed E-state index contributed by atoms with van der Waals surface area (Å²) in [5.74, 6) is 1.48. The van der Waals surface area contributed by atoms with Crippen LogP contribution in [0.5, 0.6) is 0 Å². The van der Waals surface area contributed by atoms with Crippen LogP contribution in [0.4, 0.5) is 5.95 Å². The minimum atomic E-state index is 0.717. The lowest BCUT2D eigenvalue weighted by atomic mass is 10.1. The highest BCUT2D eigenvalue weighted by atomic mass is 15.1. The van der Waals surface area contributed by atoms with E-state index in [1.807, 2.05) is 19.9 Å². The molecule has 0 unspecified atom stereocenters. The first kappa shape index (κ1) is 10.4. The minimum absolute atomic E-state index is 0.717. The molecule has 2 rings (SSSR count). The molecule has 82 valence electrons. The van der Waals surface area contributed by atoms with Gasteiger partial charge in [0, 0.05) is 17.9 Å². The summed E-state index contributed by atoms with van der Waals surface area (Å²) < 4.78 is 0. The highest BCUT2D eigenvalue weighted by molar-refractivity contribution is 5.27. The Labute approximate surface area is 90.5 Å². The fraction of sp³-hybridized carbons (Fsp3) is 0.636. The van der Waals surface area contributed by atoms with Gasteiger partial charge in [-0.3, -0.25) is 0 Å². The van der Waals surface area contributed by atoms with Crippen LogP contribution in [0, 0.1) is 19.8 Å². The third kappa shape index (κ3) is 2.89. The van der Waals surface area contributed by atoms with E-state index in [4.69, 9.17) is 0 Å². The van der Waals surface area contributed by atoms with Crippen molar-refractivity contribution >= 4 is 5.95 Å². The molecule has 0 amide bonds. The summed E-state index contributed by atoms with van der Waals surface area (Å²) in [5, 5.41) is 6.66. The molecule has 0 aromatic carbocycles. The summed E-state index contributed by atoms with van der Waals surface area (Å²) in [6, 6.07) is 1.99. The first-order valence-electron chi connectivity index (χ1n) is 5.51. The SMILES string of the molecule is Cc1cc(C)nc(NC[C@H]2CCNC2)n1. The standard InChI is InChI=1S/C11H18N4/c1-8-5-9(2)15-11(14-8)13-7-10-3-4-12-6-10/h5,10,12H,3-4,6-7H2,1-2H3,(H,13,14,15)/t10-/m0/s1. The Morgan fingerprint density at radius 3 is 2.73 bits per heavy atom. The normalized spacial score (nSPS) is 20.5. The van der Waals surface area contributed by atoms with Crippen LogP contribution >= 0.6 is 0 Å². The molecule has 2 N–H and O–H groups in total. The van der Waals surface area contributed by atoms with Crippen LogP contribution in [0.15, 0.2) is 6.07 Å². The molecule has 2 heterocycles. The molecule has 15 heavy (non-hydrogen) atoms. The molecule has 1 fully saturated rings. The Hall–Kier alpha value is -1.16. The van der Waals surface area contributed by atoms with Crippen molar-refractivity contribution in [3.63, 3.8) is 0 Å². The first-order chi connectivity index (χ1) is 7.24. The average molecular weight is 206 g/mol. The van der Waals surface area contributed by atoms with Gasteiger partial charge in [0.15, 0.2) is 0 Å². The quantitative estimate of drug-likeness (QED) is 0.778. The second kappa shape index (κ2) is 4.57. The maximum Gasteiger partial charge on any atom is 0.223 e. The summed E-state index contributed by atoms with van der Waals surface area (Å²) in [6.07, 6.45) is 1.25. The summed E-state index contributed by atoms with van der Waals surface area (Å²) in [7, 11) is 0. The number of anilines is 1. The third-order valence-corrected chi connectivity index (χ3v) is 2.69. The van der Waals surface area contributed by atoms with Crippen LogP contribution in [0.3, 0.4) is 0 Å². The van der Waals surface area contributed by atoms with Crippen LogP contribution in [0.25, 0.3) is 0 Å². The Balaban J connectivity index is 1.92. The smallest absolute Gasteiger partial charge is 0.223 e. The molecule has 1 aromatic rings. The fourth-order valence-corrected chi connectivity index (χ4v) is 1.93. The molecule has 0 aliphatic carbocycles. The third-order valence-electron chi connectivity index (χ3n) is 2.69. The van der Waals surface area contributed by atoms with E-state index in [0.717, 1.165) is 42.9 Å². The van der Waals surface area contributed by atoms with Gasteiger partial charge in [-0.25, -0.2) is 9.97 Å². The van der Waals surface area contributed by atoms with E-state index >= 15 is 0 Å². The zero-order valence-electron chi connectivity index (χ0n) is 9.38. The monoisotopic (exact) mass is 206 g/mol. The number of nitrogens with one attached hydrogen (secondary N) is 2. The Morgan fingerprint density at radius 2 is 2.13 bits per heavy atom. The Morgan fingerprint density at radius 1 is 1.40 bits per heavy atom. The highest BCUT2D eigenvalue weighted by Gasteiger charge is 2.14. The average Bonchev–Trinajstić information content (AvgIpc) is 2.65. The summed E-state index contributed by atoms with van der Waals surface area (Å²) >= 11 is 0. The Bertz CT molecular complexity index is 311. The second-order valence-corrected chi connectivity index (χ2v) is 4.21. The van der Waals surface area contributed by atoms with Gasteiger partial charge in [0.2, 0.25) is 5.95 Å². The van der Waals surface area contributed by atoms with Crippen molar-refractivity contribution in [2.45, 2.75) is 20.3 Å². The van der Waals surface area contributed by atoms with Gasteiger partial charge >= 0.3 is 0 Å². The lowest BCUT2D eigenvalue weighted by Crippen LogP contribution is -2.18.